The van der Waals surface area contributed by atoms with Crippen LogP contribution in [0.4, 0.5) is 17.1 Å². The van der Waals surface area contributed by atoms with Gasteiger partial charge in [0, 0.05) is 18.8 Å². The highest BCUT2D eigenvalue weighted by molar-refractivity contribution is 7.18. The van der Waals surface area contributed by atoms with Crippen LogP contribution >= 0.6 is 11.3 Å². The smallest absolute Gasteiger partial charge is 0.303 e. The molecule has 178 valence electrons. The molecule has 0 saturated carbocycles. The van der Waals surface area contributed by atoms with E-state index in [4.69, 9.17) is 0 Å². The van der Waals surface area contributed by atoms with Gasteiger partial charge in [0.1, 0.15) is 0 Å². The zero-order valence-electron chi connectivity index (χ0n) is 20.7. The van der Waals surface area contributed by atoms with Crippen molar-refractivity contribution < 1.29 is 9.90 Å². The zero-order chi connectivity index (χ0) is 24.1. The second kappa shape index (κ2) is 11.0. The number of nitrogens with zero attached hydrogens (tertiary/aromatic N) is 2. The van der Waals surface area contributed by atoms with E-state index >= 15 is 0 Å². The average Bonchev–Trinajstić information content (AvgIpc) is 3.10. The minimum Gasteiger partial charge on any atom is -0.481 e. The number of carbonyl (C=O) groups is 1. The van der Waals surface area contributed by atoms with Crippen molar-refractivity contribution >= 4 is 44.6 Å². The van der Waals surface area contributed by atoms with Gasteiger partial charge in [-0.3, -0.25) is 4.79 Å². The maximum Gasteiger partial charge on any atom is 0.303 e. The normalized spacial score (nSPS) is 12.5. The molecule has 2 aromatic carbocycles. The van der Waals surface area contributed by atoms with E-state index in [2.05, 4.69) is 86.2 Å². The topological polar surface area (TPSA) is 65.5 Å². The van der Waals surface area contributed by atoms with E-state index < -0.39 is 5.97 Å². The van der Waals surface area contributed by atoms with Crippen LogP contribution in [0.5, 0.6) is 0 Å². The Morgan fingerprint density at radius 3 is 2.39 bits per heavy atom. The van der Waals surface area contributed by atoms with Gasteiger partial charge in [-0.2, -0.15) is 0 Å². The lowest BCUT2D eigenvalue weighted by atomic mass is 9.92. The summed E-state index contributed by atoms with van der Waals surface area (Å²) in [6.07, 6.45) is 0.933. The number of benzene rings is 2. The number of aryl methyl sites for hydroxylation is 1. The second-order valence-corrected chi connectivity index (χ2v) is 10.9. The third-order valence-electron chi connectivity index (χ3n) is 5.69. The molecule has 0 unspecified atom stereocenters. The predicted molar refractivity (Wildman–Crippen MR) is 141 cm³/mol. The van der Waals surface area contributed by atoms with Gasteiger partial charge in [-0.25, -0.2) is 4.98 Å². The van der Waals surface area contributed by atoms with Crippen LogP contribution in [0.25, 0.3) is 10.2 Å². The molecule has 0 bridgehead atoms. The van der Waals surface area contributed by atoms with Crippen molar-refractivity contribution in [2.75, 3.05) is 23.3 Å². The molecule has 0 aliphatic rings. The van der Waals surface area contributed by atoms with Crippen LogP contribution in [0, 0.1) is 18.8 Å². The first-order valence-corrected chi connectivity index (χ1v) is 12.7. The lowest BCUT2D eigenvalue weighted by molar-refractivity contribution is -0.137. The number of nitrogens with one attached hydrogen (secondary N) is 1. The molecule has 2 N–H and O–H groups in total. The third-order valence-corrected chi connectivity index (χ3v) is 6.63. The summed E-state index contributed by atoms with van der Waals surface area (Å²) in [6, 6.07) is 12.7. The molecule has 3 aromatic rings. The number of anilines is 3. The minimum absolute atomic E-state index is 0.00706. The van der Waals surface area contributed by atoms with Crippen LogP contribution in [0.15, 0.2) is 36.4 Å². The lowest BCUT2D eigenvalue weighted by Crippen LogP contribution is -2.31. The maximum atomic E-state index is 11.4. The van der Waals surface area contributed by atoms with Crippen molar-refractivity contribution in [3.8, 4) is 0 Å². The highest BCUT2D eigenvalue weighted by atomic mass is 32.1. The lowest BCUT2D eigenvalue weighted by Gasteiger charge is -2.31. The monoisotopic (exact) mass is 467 g/mol. The van der Waals surface area contributed by atoms with E-state index in [0.717, 1.165) is 57.4 Å². The predicted octanol–water partition coefficient (Wildman–Crippen LogP) is 7.44. The summed E-state index contributed by atoms with van der Waals surface area (Å²) in [5.41, 5.74) is 5.29. The number of rotatable bonds is 11. The van der Waals surface area contributed by atoms with Crippen LogP contribution in [-0.2, 0) is 4.79 Å². The first-order valence-electron chi connectivity index (χ1n) is 11.9. The first kappa shape index (κ1) is 25.0. The van der Waals surface area contributed by atoms with Gasteiger partial charge < -0.3 is 15.3 Å². The number of fused-ring (bicyclic) bond motifs is 1. The van der Waals surface area contributed by atoms with Crippen molar-refractivity contribution in [2.24, 2.45) is 11.8 Å². The summed E-state index contributed by atoms with van der Waals surface area (Å²) in [4.78, 5) is 18.5. The van der Waals surface area contributed by atoms with E-state index in [-0.39, 0.29) is 12.3 Å². The molecule has 5 nitrogen and oxygen atoms in total. The Morgan fingerprint density at radius 2 is 1.79 bits per heavy atom. The quantitative estimate of drug-likeness (QED) is 0.307. The molecule has 0 aliphatic carbocycles. The van der Waals surface area contributed by atoms with Crippen LogP contribution in [-0.4, -0.2) is 29.1 Å². The Balaban J connectivity index is 2.05. The second-order valence-electron chi connectivity index (χ2n) is 9.71. The van der Waals surface area contributed by atoms with E-state index in [1.807, 2.05) is 6.92 Å². The number of carboxylic acid groups (broad SMARTS) is 1. The summed E-state index contributed by atoms with van der Waals surface area (Å²) in [7, 11) is 0. The van der Waals surface area contributed by atoms with Gasteiger partial charge >= 0.3 is 5.97 Å². The van der Waals surface area contributed by atoms with Gasteiger partial charge in [-0.05, 0) is 67.0 Å². The van der Waals surface area contributed by atoms with Crippen molar-refractivity contribution in [3.63, 3.8) is 0 Å². The van der Waals surface area contributed by atoms with Gasteiger partial charge in [-0.1, -0.05) is 40.7 Å². The summed E-state index contributed by atoms with van der Waals surface area (Å²) < 4.78 is 1.16. The van der Waals surface area contributed by atoms with Crippen molar-refractivity contribution in [1.29, 1.82) is 0 Å². The summed E-state index contributed by atoms with van der Waals surface area (Å²) >= 11 is 1.70. The van der Waals surface area contributed by atoms with Crippen LogP contribution in [0.3, 0.4) is 0 Å². The molecule has 6 heteroatoms. The number of thiazole rings is 1. The van der Waals surface area contributed by atoms with Crippen LogP contribution in [0.1, 0.15) is 63.9 Å². The highest BCUT2D eigenvalue weighted by Crippen LogP contribution is 2.36. The Hall–Kier alpha value is -2.60. The third kappa shape index (κ3) is 6.70. The number of hydrogen-bond acceptors (Lipinski definition) is 5. The van der Waals surface area contributed by atoms with Gasteiger partial charge in [0.25, 0.3) is 0 Å². The molecule has 3 rings (SSSR count). The maximum absolute atomic E-state index is 11.4. The Kier molecular flexibility index (Phi) is 8.35. The number of aromatic nitrogens is 1. The average molecular weight is 468 g/mol. The molecule has 33 heavy (non-hydrogen) atoms. The fourth-order valence-corrected chi connectivity index (χ4v) is 5.18. The van der Waals surface area contributed by atoms with E-state index in [9.17, 15) is 9.90 Å². The molecule has 0 radical (unpaired) electrons. The van der Waals surface area contributed by atoms with Crippen molar-refractivity contribution in [1.82, 2.24) is 4.98 Å². The fraction of sp³-hybridized carbons (Fsp3) is 0.481. The van der Waals surface area contributed by atoms with Gasteiger partial charge in [-0.15, -0.1) is 11.3 Å². The Bertz CT molecular complexity index is 1080. The number of carboxylic acids is 1. The molecule has 1 heterocycles. The summed E-state index contributed by atoms with van der Waals surface area (Å²) in [6.45, 7) is 15.0. The molecule has 0 amide bonds. The fourth-order valence-electron chi connectivity index (χ4n) is 4.32. The SMILES string of the molecule is CC[C@H](CC(=O)O)c1ccc(N(CC(C)C)CC(C)C)c(Nc2ccc3nc(C)sc3c2)c1. The molecule has 0 saturated heterocycles. The molecular formula is C27H37N3O2S. The highest BCUT2D eigenvalue weighted by Gasteiger charge is 2.19. The molecular weight excluding hydrogens is 430 g/mol. The molecule has 0 fully saturated rings. The standard InChI is InChI=1S/C27H37N3O2S/c1-7-20(13-27(31)32)21-8-11-25(30(15-17(2)3)16-18(4)5)24(12-21)29-22-9-10-23-26(14-22)33-19(6)28-23/h8-12,14,17-18,20,29H,7,13,15-16H2,1-6H3,(H,31,32)/t20-/m1/s1. The minimum atomic E-state index is -0.757. The Morgan fingerprint density at radius 1 is 1.09 bits per heavy atom. The summed E-state index contributed by atoms with van der Waals surface area (Å²) in [5.74, 6) is 0.298. The molecule has 0 aliphatic heterocycles. The van der Waals surface area contributed by atoms with Crippen LogP contribution < -0.4 is 10.2 Å². The van der Waals surface area contributed by atoms with E-state index in [1.165, 1.54) is 0 Å². The largest absolute Gasteiger partial charge is 0.481 e. The van der Waals surface area contributed by atoms with E-state index in [0.29, 0.717) is 11.8 Å². The first-order chi connectivity index (χ1) is 15.7. The van der Waals surface area contributed by atoms with Crippen molar-refractivity contribution in [3.05, 3.63) is 47.0 Å². The Labute approximate surface area is 201 Å². The summed E-state index contributed by atoms with van der Waals surface area (Å²) in [5, 5.41) is 14.1. The van der Waals surface area contributed by atoms with Gasteiger partial charge in [0.05, 0.1) is 33.0 Å². The van der Waals surface area contributed by atoms with Gasteiger partial charge in [0.15, 0.2) is 0 Å². The van der Waals surface area contributed by atoms with E-state index in [1.54, 1.807) is 11.3 Å². The molecule has 1 atom stereocenters. The number of aliphatic carboxylic acids is 1. The van der Waals surface area contributed by atoms with Crippen LogP contribution in [0.2, 0.25) is 0 Å². The molecule has 0 spiro atoms. The van der Waals surface area contributed by atoms with Gasteiger partial charge in [0.2, 0.25) is 0 Å². The van der Waals surface area contributed by atoms with Crippen molar-refractivity contribution in [2.45, 2.75) is 60.3 Å². The molecule has 1 aromatic heterocycles. The zero-order valence-corrected chi connectivity index (χ0v) is 21.5. The number of hydrogen-bond donors (Lipinski definition) is 2.